The minimum atomic E-state index is 0.136. The number of nitrogens with zero attached hydrogens (tertiary/aromatic N) is 1. The van der Waals surface area contributed by atoms with E-state index < -0.39 is 0 Å². The fourth-order valence-electron chi connectivity index (χ4n) is 3.11. The number of hydrogen-bond acceptors (Lipinski definition) is 2. The van der Waals surface area contributed by atoms with Crippen LogP contribution in [0, 0.1) is 16.7 Å². The summed E-state index contributed by atoms with van der Waals surface area (Å²) in [6, 6.07) is 0. The van der Waals surface area contributed by atoms with E-state index in [1.165, 1.54) is 25.9 Å². The molecule has 0 aromatic rings. The Labute approximate surface area is 119 Å². The van der Waals surface area contributed by atoms with Crippen molar-refractivity contribution in [2.75, 3.05) is 19.6 Å². The highest BCUT2D eigenvalue weighted by molar-refractivity contribution is 5.79. The molecule has 19 heavy (non-hydrogen) atoms. The van der Waals surface area contributed by atoms with Gasteiger partial charge in [-0.05, 0) is 36.1 Å². The fourth-order valence-corrected chi connectivity index (χ4v) is 3.11. The monoisotopic (exact) mass is 267 g/mol. The van der Waals surface area contributed by atoms with Gasteiger partial charge in [-0.2, -0.15) is 0 Å². The van der Waals surface area contributed by atoms with E-state index in [0.717, 1.165) is 18.9 Å². The molecule has 0 bridgehead atoms. The zero-order chi connectivity index (χ0) is 14.7. The molecule has 1 atom stereocenters. The lowest BCUT2D eigenvalue weighted by molar-refractivity contribution is -0.121. The number of rotatable bonds is 5. The molecule has 2 heteroatoms. The summed E-state index contributed by atoms with van der Waals surface area (Å²) in [6.45, 7) is 16.7. The number of likely N-dealkylation sites (tertiary alicyclic amines) is 1. The van der Waals surface area contributed by atoms with Gasteiger partial charge in [0.15, 0.2) is 0 Å². The summed E-state index contributed by atoms with van der Waals surface area (Å²) in [5, 5.41) is 0. The summed E-state index contributed by atoms with van der Waals surface area (Å²) in [5.41, 5.74) is 0.569. The van der Waals surface area contributed by atoms with Crippen molar-refractivity contribution in [1.82, 2.24) is 4.90 Å². The van der Waals surface area contributed by atoms with Crippen LogP contribution in [-0.2, 0) is 4.79 Å². The van der Waals surface area contributed by atoms with Gasteiger partial charge in [0.1, 0.15) is 5.78 Å². The summed E-state index contributed by atoms with van der Waals surface area (Å²) in [6.07, 6.45) is 4.07. The second kappa shape index (κ2) is 6.39. The van der Waals surface area contributed by atoms with Crippen LogP contribution in [0.3, 0.4) is 0 Å². The maximum absolute atomic E-state index is 11.9. The van der Waals surface area contributed by atoms with Crippen LogP contribution >= 0.6 is 0 Å². The third kappa shape index (κ3) is 7.71. The molecule has 1 rings (SSSR count). The van der Waals surface area contributed by atoms with E-state index >= 15 is 0 Å². The molecule has 0 aliphatic carbocycles. The van der Waals surface area contributed by atoms with Gasteiger partial charge >= 0.3 is 0 Å². The number of Topliss-reactive ketones (excluding diaryl/α,β-unsaturated/α-hetero) is 1. The number of ketones is 1. The van der Waals surface area contributed by atoms with Gasteiger partial charge in [0, 0.05) is 25.9 Å². The van der Waals surface area contributed by atoms with Crippen molar-refractivity contribution in [3.63, 3.8) is 0 Å². The van der Waals surface area contributed by atoms with Crippen LogP contribution in [0.25, 0.3) is 0 Å². The Kier molecular flexibility index (Phi) is 5.61. The Bertz CT molecular complexity index is 295. The minimum Gasteiger partial charge on any atom is -0.303 e. The lowest BCUT2D eigenvalue weighted by Gasteiger charge is -2.23. The first-order valence-corrected chi connectivity index (χ1v) is 7.79. The van der Waals surface area contributed by atoms with Crippen molar-refractivity contribution >= 4 is 5.78 Å². The Morgan fingerprint density at radius 1 is 1.11 bits per heavy atom. The topological polar surface area (TPSA) is 20.3 Å². The average molecular weight is 267 g/mol. The zero-order valence-corrected chi connectivity index (χ0v) is 13.9. The lowest BCUT2D eigenvalue weighted by atomic mass is 9.84. The van der Waals surface area contributed by atoms with Gasteiger partial charge in [-0.1, -0.05) is 41.5 Å². The predicted molar refractivity (Wildman–Crippen MR) is 82.3 cm³/mol. The maximum atomic E-state index is 11.9. The first kappa shape index (κ1) is 16.7. The zero-order valence-electron chi connectivity index (χ0n) is 13.9. The van der Waals surface area contributed by atoms with E-state index in [0.29, 0.717) is 17.6 Å². The van der Waals surface area contributed by atoms with Crippen molar-refractivity contribution in [3.8, 4) is 0 Å². The van der Waals surface area contributed by atoms with Gasteiger partial charge in [-0.3, -0.25) is 4.79 Å². The molecule has 2 nitrogen and oxygen atoms in total. The second-order valence-corrected chi connectivity index (χ2v) is 8.75. The SMILES string of the molecule is CC(C)(C)CC(=O)CCN1CCC(CC(C)(C)C)C1. The van der Waals surface area contributed by atoms with Crippen molar-refractivity contribution in [2.45, 2.75) is 67.2 Å². The van der Waals surface area contributed by atoms with Gasteiger partial charge in [-0.25, -0.2) is 0 Å². The molecule has 1 aliphatic heterocycles. The van der Waals surface area contributed by atoms with E-state index in [1.54, 1.807) is 0 Å². The molecule has 1 heterocycles. The van der Waals surface area contributed by atoms with Gasteiger partial charge < -0.3 is 4.90 Å². The molecule has 0 spiro atoms. The molecule has 1 saturated heterocycles. The molecule has 0 N–H and O–H groups in total. The average Bonchev–Trinajstić information content (AvgIpc) is 2.57. The van der Waals surface area contributed by atoms with Crippen LogP contribution in [-0.4, -0.2) is 30.3 Å². The van der Waals surface area contributed by atoms with Crippen molar-refractivity contribution in [1.29, 1.82) is 0 Å². The molecule has 0 aromatic heterocycles. The van der Waals surface area contributed by atoms with E-state index in [9.17, 15) is 4.79 Å². The fraction of sp³-hybridized carbons (Fsp3) is 0.941. The summed E-state index contributed by atoms with van der Waals surface area (Å²) >= 11 is 0. The van der Waals surface area contributed by atoms with Gasteiger partial charge in [0.25, 0.3) is 0 Å². The van der Waals surface area contributed by atoms with E-state index in [1.807, 2.05) is 0 Å². The quantitative estimate of drug-likeness (QED) is 0.746. The van der Waals surface area contributed by atoms with Crippen LogP contribution in [0.5, 0.6) is 0 Å². The van der Waals surface area contributed by atoms with Crippen molar-refractivity contribution in [2.24, 2.45) is 16.7 Å². The van der Waals surface area contributed by atoms with Crippen molar-refractivity contribution < 1.29 is 4.79 Å². The molecule has 0 aromatic carbocycles. The highest BCUT2D eigenvalue weighted by Crippen LogP contribution is 2.30. The Hall–Kier alpha value is -0.370. The van der Waals surface area contributed by atoms with Crippen LogP contribution in [0.15, 0.2) is 0 Å². The predicted octanol–water partition coefficient (Wildman–Crippen LogP) is 4.14. The molecule has 1 aliphatic rings. The van der Waals surface area contributed by atoms with E-state index in [-0.39, 0.29) is 5.41 Å². The Morgan fingerprint density at radius 3 is 2.26 bits per heavy atom. The van der Waals surface area contributed by atoms with E-state index in [2.05, 4.69) is 46.4 Å². The number of carbonyl (C=O) groups excluding carboxylic acids is 1. The van der Waals surface area contributed by atoms with Crippen LogP contribution < -0.4 is 0 Å². The highest BCUT2D eigenvalue weighted by Gasteiger charge is 2.26. The van der Waals surface area contributed by atoms with Gasteiger partial charge in [0.2, 0.25) is 0 Å². The van der Waals surface area contributed by atoms with E-state index in [4.69, 9.17) is 0 Å². The largest absolute Gasteiger partial charge is 0.303 e. The molecular formula is C17H33NO. The first-order valence-electron chi connectivity index (χ1n) is 7.79. The van der Waals surface area contributed by atoms with Crippen LogP contribution in [0.4, 0.5) is 0 Å². The van der Waals surface area contributed by atoms with Crippen LogP contribution in [0.1, 0.15) is 67.2 Å². The second-order valence-electron chi connectivity index (χ2n) is 8.75. The minimum absolute atomic E-state index is 0.136. The lowest BCUT2D eigenvalue weighted by Crippen LogP contribution is -2.26. The number of carbonyl (C=O) groups is 1. The number of hydrogen-bond donors (Lipinski definition) is 0. The van der Waals surface area contributed by atoms with Gasteiger partial charge in [-0.15, -0.1) is 0 Å². The maximum Gasteiger partial charge on any atom is 0.134 e. The molecule has 0 saturated carbocycles. The summed E-state index contributed by atoms with van der Waals surface area (Å²) < 4.78 is 0. The smallest absolute Gasteiger partial charge is 0.134 e. The summed E-state index contributed by atoms with van der Waals surface area (Å²) in [7, 11) is 0. The third-order valence-electron chi connectivity index (χ3n) is 3.71. The highest BCUT2D eigenvalue weighted by atomic mass is 16.1. The first-order chi connectivity index (χ1) is 8.55. The summed E-state index contributed by atoms with van der Waals surface area (Å²) in [5.74, 6) is 1.25. The standard InChI is InChI=1S/C17H33NO/c1-16(2,3)11-14-7-9-18(13-14)10-8-15(19)12-17(4,5)6/h14H,7-13H2,1-6H3. The summed E-state index contributed by atoms with van der Waals surface area (Å²) in [4.78, 5) is 14.4. The van der Waals surface area contributed by atoms with Crippen LogP contribution in [0.2, 0.25) is 0 Å². The molecule has 1 unspecified atom stereocenters. The Balaban J connectivity index is 2.24. The molecular weight excluding hydrogens is 234 g/mol. The third-order valence-corrected chi connectivity index (χ3v) is 3.71. The van der Waals surface area contributed by atoms with Gasteiger partial charge in [0.05, 0.1) is 0 Å². The molecule has 1 fully saturated rings. The van der Waals surface area contributed by atoms with Crippen molar-refractivity contribution in [3.05, 3.63) is 0 Å². The molecule has 112 valence electrons. The molecule has 0 amide bonds. The Morgan fingerprint density at radius 2 is 1.74 bits per heavy atom. The molecule has 0 radical (unpaired) electrons. The normalized spacial score (nSPS) is 21.9.